The lowest BCUT2D eigenvalue weighted by atomic mass is 10.1. The zero-order valence-corrected chi connectivity index (χ0v) is 28.9. The second-order valence-corrected chi connectivity index (χ2v) is 11.7. The molecule has 0 bridgehead atoms. The quantitative estimate of drug-likeness (QED) is 0.111. The third-order valence-corrected chi connectivity index (χ3v) is 8.08. The van der Waals surface area contributed by atoms with Crippen molar-refractivity contribution in [1.29, 1.82) is 15.8 Å². The van der Waals surface area contributed by atoms with Crippen LogP contribution in [0.15, 0.2) is 122 Å². The summed E-state index contributed by atoms with van der Waals surface area (Å²) in [5, 5.41) is 46.2. The van der Waals surface area contributed by atoms with Crippen LogP contribution in [0.25, 0.3) is 6.08 Å². The highest BCUT2D eigenvalue weighted by atomic mass is 16.2. The fourth-order valence-electron chi connectivity index (χ4n) is 5.25. The van der Waals surface area contributed by atoms with Gasteiger partial charge < -0.3 is 9.80 Å². The number of hydrogen-bond donors (Lipinski definition) is 0. The predicted octanol–water partition coefficient (Wildman–Crippen LogP) is 10.7. The topological polar surface area (TPSA) is 144 Å². The molecule has 50 heavy (non-hydrogen) atoms. The van der Waals surface area contributed by atoms with E-state index in [1.165, 1.54) is 36.3 Å². The van der Waals surface area contributed by atoms with Crippen molar-refractivity contribution < 1.29 is 4.79 Å². The first-order chi connectivity index (χ1) is 24.5. The Labute approximate surface area is 294 Å². The first kappa shape index (κ1) is 36.7. The Morgan fingerprint density at radius 2 is 1.14 bits per heavy atom. The number of nitriles is 3. The maximum Gasteiger partial charge on any atom is 0.259 e. The monoisotopic (exact) mass is 663 g/mol. The zero-order chi connectivity index (χ0) is 35.7. The van der Waals surface area contributed by atoms with E-state index in [1.807, 2.05) is 73.7 Å². The van der Waals surface area contributed by atoms with Gasteiger partial charge >= 0.3 is 0 Å². The Kier molecular flexibility index (Phi) is 13.9. The summed E-state index contributed by atoms with van der Waals surface area (Å²) in [7, 11) is 0. The van der Waals surface area contributed by atoms with E-state index in [0.29, 0.717) is 30.0 Å². The molecule has 0 unspecified atom stereocenters. The lowest BCUT2D eigenvalue weighted by Gasteiger charge is -2.24. The third kappa shape index (κ3) is 9.69. The van der Waals surface area contributed by atoms with Gasteiger partial charge in [-0.25, -0.2) is 0 Å². The molecule has 1 aliphatic rings. The van der Waals surface area contributed by atoms with E-state index in [4.69, 9.17) is 0 Å². The molecular weight excluding hydrogens is 623 g/mol. The molecule has 0 fully saturated rings. The molecule has 0 N–H and O–H groups in total. The molecule has 0 saturated carbocycles. The van der Waals surface area contributed by atoms with E-state index in [-0.39, 0.29) is 22.4 Å². The number of unbranched alkanes of at least 4 members (excludes halogenated alkanes) is 3. The molecule has 0 radical (unpaired) electrons. The molecule has 10 nitrogen and oxygen atoms in total. The Morgan fingerprint density at radius 1 is 0.680 bits per heavy atom. The van der Waals surface area contributed by atoms with Crippen LogP contribution in [0.3, 0.4) is 0 Å². The summed E-state index contributed by atoms with van der Waals surface area (Å²) in [4.78, 5) is 17.0. The fourth-order valence-corrected chi connectivity index (χ4v) is 5.25. The van der Waals surface area contributed by atoms with Gasteiger partial charge in [0.1, 0.15) is 18.2 Å². The van der Waals surface area contributed by atoms with E-state index in [2.05, 4.69) is 51.3 Å². The van der Waals surface area contributed by atoms with E-state index >= 15 is 0 Å². The summed E-state index contributed by atoms with van der Waals surface area (Å²) >= 11 is 0. The van der Waals surface area contributed by atoms with Crippen LogP contribution in [-0.4, -0.2) is 30.4 Å². The average Bonchev–Trinajstić information content (AvgIpc) is 3.42. The molecule has 0 aliphatic carbocycles. The van der Waals surface area contributed by atoms with E-state index in [0.717, 1.165) is 30.8 Å². The van der Waals surface area contributed by atoms with Crippen LogP contribution in [-0.2, 0) is 4.79 Å². The smallest absolute Gasteiger partial charge is 0.259 e. The van der Waals surface area contributed by atoms with Crippen molar-refractivity contribution in [3.05, 3.63) is 107 Å². The summed E-state index contributed by atoms with van der Waals surface area (Å²) < 4.78 is 0. The molecular formula is C40H41N9O. The minimum Gasteiger partial charge on any atom is -0.372 e. The summed E-state index contributed by atoms with van der Waals surface area (Å²) in [6, 6.07) is 28.5. The summed E-state index contributed by atoms with van der Waals surface area (Å²) in [6.45, 7) is 8.85. The van der Waals surface area contributed by atoms with Crippen molar-refractivity contribution in [1.82, 2.24) is 4.90 Å². The molecule has 4 rings (SSSR count). The number of anilines is 1. The van der Waals surface area contributed by atoms with Crippen molar-refractivity contribution in [3.63, 3.8) is 0 Å². The molecule has 252 valence electrons. The molecule has 3 aromatic carbocycles. The number of benzene rings is 3. The maximum absolute atomic E-state index is 13.2. The predicted molar refractivity (Wildman–Crippen MR) is 196 cm³/mol. The van der Waals surface area contributed by atoms with E-state index < -0.39 is 5.91 Å². The van der Waals surface area contributed by atoms with Crippen molar-refractivity contribution in [2.45, 2.75) is 59.3 Å². The van der Waals surface area contributed by atoms with Crippen LogP contribution >= 0.6 is 0 Å². The van der Waals surface area contributed by atoms with Crippen LogP contribution in [0.1, 0.15) is 64.9 Å². The highest BCUT2D eigenvalue weighted by molar-refractivity contribution is 6.05. The Bertz CT molecular complexity index is 1870. The highest BCUT2D eigenvalue weighted by Gasteiger charge is 2.36. The van der Waals surface area contributed by atoms with Gasteiger partial charge in [0.15, 0.2) is 5.57 Å². The minimum atomic E-state index is -0.400. The lowest BCUT2D eigenvalue weighted by Crippen LogP contribution is -2.27. The molecule has 3 aromatic rings. The standard InChI is InChI=1S/C40H41N9O/c1-4-7-24-48(25-8-5-2)36-21-19-35(20-22-36)47-46-34-17-15-33(16-18-34)45-44-32-13-10-30(11-14-32)12-23-37-38(29-43)39(31(27-41)28-42)49(40(37)50)26-9-6-3/h10-23H,4-9,24-26H2,1-3H3/b23-12+,45-44+,47-46+. The highest BCUT2D eigenvalue weighted by Crippen LogP contribution is 2.33. The molecule has 0 saturated heterocycles. The first-order valence-corrected chi connectivity index (χ1v) is 17.0. The number of rotatable bonds is 16. The fraction of sp³-hybridized carbons (Fsp3) is 0.300. The van der Waals surface area contributed by atoms with Gasteiger partial charge in [-0.05, 0) is 91.6 Å². The molecule has 0 spiro atoms. The van der Waals surface area contributed by atoms with Crippen LogP contribution in [0.4, 0.5) is 28.4 Å². The number of amides is 1. The Hall–Kier alpha value is -6.18. The van der Waals surface area contributed by atoms with Crippen LogP contribution in [0.2, 0.25) is 0 Å². The van der Waals surface area contributed by atoms with Gasteiger partial charge in [0.25, 0.3) is 5.91 Å². The second-order valence-electron chi connectivity index (χ2n) is 11.7. The molecule has 1 aliphatic heterocycles. The lowest BCUT2D eigenvalue weighted by molar-refractivity contribution is -0.124. The normalized spacial score (nSPS) is 13.0. The van der Waals surface area contributed by atoms with Crippen molar-refractivity contribution in [2.75, 3.05) is 24.5 Å². The number of allylic oxidation sites excluding steroid dienone is 2. The summed E-state index contributed by atoms with van der Waals surface area (Å²) in [6.07, 6.45) is 9.45. The van der Waals surface area contributed by atoms with Crippen molar-refractivity contribution in [3.8, 4) is 18.2 Å². The molecule has 0 atom stereocenters. The van der Waals surface area contributed by atoms with Crippen LogP contribution in [0.5, 0.6) is 0 Å². The molecule has 0 aromatic heterocycles. The van der Waals surface area contributed by atoms with Crippen LogP contribution in [0, 0.1) is 34.0 Å². The SMILES string of the molecule is CCCCN1C(=O)C(/C=C/c2ccc(/N=N/c3ccc(/N=N/c4ccc(N(CCCC)CCCC)cc4)cc3)cc2)=C(C#N)C1=C(C#N)C#N. The summed E-state index contributed by atoms with van der Waals surface area (Å²) in [5.41, 5.74) is 4.80. The van der Waals surface area contributed by atoms with E-state index in [9.17, 15) is 20.6 Å². The number of nitrogens with zero attached hydrogens (tertiary/aromatic N) is 9. The van der Waals surface area contributed by atoms with Gasteiger partial charge in [-0.2, -0.15) is 36.2 Å². The number of carbonyl (C=O) groups excluding carboxylic acids is 1. The Morgan fingerprint density at radius 3 is 1.58 bits per heavy atom. The summed E-state index contributed by atoms with van der Waals surface area (Å²) in [5.74, 6) is -0.400. The first-order valence-electron chi connectivity index (χ1n) is 17.0. The molecule has 10 heteroatoms. The second kappa shape index (κ2) is 19.0. The minimum absolute atomic E-state index is 0.0272. The van der Waals surface area contributed by atoms with Gasteiger partial charge in [-0.15, -0.1) is 0 Å². The van der Waals surface area contributed by atoms with Gasteiger partial charge in [0.2, 0.25) is 0 Å². The molecule has 1 amide bonds. The largest absolute Gasteiger partial charge is 0.372 e. The van der Waals surface area contributed by atoms with Gasteiger partial charge in [-0.3, -0.25) is 4.79 Å². The van der Waals surface area contributed by atoms with E-state index in [1.54, 1.807) is 24.3 Å². The van der Waals surface area contributed by atoms with Crippen molar-refractivity contribution >= 4 is 40.4 Å². The Balaban J connectivity index is 1.39. The number of carbonyl (C=O) groups is 1. The third-order valence-electron chi connectivity index (χ3n) is 8.08. The molecule has 1 heterocycles. The van der Waals surface area contributed by atoms with Gasteiger partial charge in [-0.1, -0.05) is 58.2 Å². The number of azo groups is 2. The maximum atomic E-state index is 13.2. The zero-order valence-electron chi connectivity index (χ0n) is 28.9. The average molecular weight is 664 g/mol. The number of hydrogen-bond acceptors (Lipinski definition) is 9. The van der Waals surface area contributed by atoms with Gasteiger partial charge in [0, 0.05) is 25.3 Å². The van der Waals surface area contributed by atoms with Crippen molar-refractivity contribution in [2.24, 2.45) is 20.5 Å². The van der Waals surface area contributed by atoms with Crippen LogP contribution < -0.4 is 4.90 Å². The van der Waals surface area contributed by atoms with Gasteiger partial charge in [0.05, 0.1) is 39.6 Å².